The van der Waals surface area contributed by atoms with Crippen LogP contribution in [0.3, 0.4) is 0 Å². The highest BCUT2D eigenvalue weighted by atomic mass is 16.4. The van der Waals surface area contributed by atoms with E-state index < -0.39 is 0 Å². The highest BCUT2D eigenvalue weighted by molar-refractivity contribution is 5.84. The van der Waals surface area contributed by atoms with E-state index in [9.17, 15) is 0 Å². The summed E-state index contributed by atoms with van der Waals surface area (Å²) in [6.45, 7) is 11.0. The summed E-state index contributed by atoms with van der Waals surface area (Å²) < 4.78 is 0. The topological polar surface area (TPSA) is 61.9 Å². The van der Waals surface area contributed by atoms with Gasteiger partial charge in [0.15, 0.2) is 5.84 Å². The summed E-state index contributed by atoms with van der Waals surface area (Å²) in [5.74, 6) is 1.09. The number of likely N-dealkylation sites (tertiary alicyclic amines) is 1. The third-order valence-corrected chi connectivity index (χ3v) is 3.85. The molecule has 0 radical (unpaired) electrons. The van der Waals surface area contributed by atoms with Crippen LogP contribution >= 0.6 is 0 Å². The lowest BCUT2D eigenvalue weighted by molar-refractivity contribution is 0.103. The van der Waals surface area contributed by atoms with Crippen LogP contribution in [0.5, 0.6) is 0 Å². The van der Waals surface area contributed by atoms with Gasteiger partial charge in [0.25, 0.3) is 0 Å². The largest absolute Gasteiger partial charge is 0.409 e. The predicted octanol–water partition coefficient (Wildman–Crippen LogP) is 1.88. The Balaban J connectivity index is 2.49. The lowest BCUT2D eigenvalue weighted by Gasteiger charge is -2.40. The first-order valence-electron chi connectivity index (χ1n) is 6.07. The van der Waals surface area contributed by atoms with Crippen molar-refractivity contribution in [2.75, 3.05) is 13.1 Å². The van der Waals surface area contributed by atoms with E-state index in [-0.39, 0.29) is 6.04 Å². The molecule has 94 valence electrons. The van der Waals surface area contributed by atoms with Gasteiger partial charge in [0.05, 0.1) is 6.04 Å². The summed E-state index contributed by atoms with van der Waals surface area (Å²) in [5, 5.41) is 11.7. The van der Waals surface area contributed by atoms with Crippen LogP contribution in [-0.4, -0.2) is 35.1 Å². The fourth-order valence-electron chi connectivity index (χ4n) is 2.42. The van der Waals surface area contributed by atoms with E-state index in [1.54, 1.807) is 0 Å². The second-order valence-corrected chi connectivity index (χ2v) is 5.88. The van der Waals surface area contributed by atoms with E-state index in [0.29, 0.717) is 11.3 Å². The van der Waals surface area contributed by atoms with Crippen molar-refractivity contribution in [2.24, 2.45) is 22.2 Å². The zero-order chi connectivity index (χ0) is 12.3. The summed E-state index contributed by atoms with van der Waals surface area (Å²) >= 11 is 0. The molecule has 1 aliphatic rings. The van der Waals surface area contributed by atoms with Crippen LogP contribution in [0.15, 0.2) is 5.16 Å². The molecule has 0 saturated carbocycles. The second kappa shape index (κ2) is 5.04. The van der Waals surface area contributed by atoms with Crippen molar-refractivity contribution in [1.82, 2.24) is 4.90 Å². The summed E-state index contributed by atoms with van der Waals surface area (Å²) in [4.78, 5) is 2.29. The number of nitrogens with zero attached hydrogens (tertiary/aromatic N) is 2. The Labute approximate surface area is 98.5 Å². The van der Waals surface area contributed by atoms with Crippen molar-refractivity contribution in [3.63, 3.8) is 0 Å². The summed E-state index contributed by atoms with van der Waals surface area (Å²) in [6, 6.07) is 0.0471. The van der Waals surface area contributed by atoms with Gasteiger partial charge in [-0.2, -0.15) is 0 Å². The van der Waals surface area contributed by atoms with Crippen LogP contribution in [-0.2, 0) is 0 Å². The van der Waals surface area contributed by atoms with E-state index in [2.05, 4.69) is 30.8 Å². The molecule has 0 spiro atoms. The predicted molar refractivity (Wildman–Crippen MR) is 66.6 cm³/mol. The van der Waals surface area contributed by atoms with Gasteiger partial charge >= 0.3 is 0 Å². The third kappa shape index (κ3) is 3.11. The highest BCUT2D eigenvalue weighted by Crippen LogP contribution is 2.34. The van der Waals surface area contributed by atoms with Crippen LogP contribution < -0.4 is 5.73 Å². The zero-order valence-electron chi connectivity index (χ0n) is 10.9. The van der Waals surface area contributed by atoms with Gasteiger partial charge in [0.1, 0.15) is 0 Å². The number of oxime groups is 1. The van der Waals surface area contributed by atoms with Gasteiger partial charge in [-0.3, -0.25) is 4.90 Å². The summed E-state index contributed by atoms with van der Waals surface area (Å²) in [6.07, 6.45) is 2.40. The maximum absolute atomic E-state index is 8.65. The molecule has 0 aromatic heterocycles. The van der Waals surface area contributed by atoms with E-state index in [0.717, 1.165) is 19.0 Å². The number of amidine groups is 1. The van der Waals surface area contributed by atoms with Crippen LogP contribution in [0.1, 0.15) is 40.5 Å². The normalized spacial score (nSPS) is 23.4. The molecule has 16 heavy (non-hydrogen) atoms. The Kier molecular flexibility index (Phi) is 4.19. The molecule has 1 aliphatic heterocycles. The van der Waals surface area contributed by atoms with Gasteiger partial charge in [-0.15, -0.1) is 0 Å². The van der Waals surface area contributed by atoms with Gasteiger partial charge in [-0.05, 0) is 44.2 Å². The van der Waals surface area contributed by atoms with Crippen LogP contribution in [0, 0.1) is 11.3 Å². The number of hydrogen-bond donors (Lipinski definition) is 2. The first-order chi connectivity index (χ1) is 7.36. The molecule has 0 bridgehead atoms. The quantitative estimate of drug-likeness (QED) is 0.328. The summed E-state index contributed by atoms with van der Waals surface area (Å²) in [5.41, 5.74) is 6.02. The Morgan fingerprint density at radius 3 is 2.25 bits per heavy atom. The molecule has 1 fully saturated rings. The van der Waals surface area contributed by atoms with Gasteiger partial charge in [0, 0.05) is 0 Å². The van der Waals surface area contributed by atoms with E-state index in [4.69, 9.17) is 10.9 Å². The van der Waals surface area contributed by atoms with Crippen molar-refractivity contribution in [2.45, 2.75) is 46.6 Å². The zero-order valence-corrected chi connectivity index (χ0v) is 10.9. The van der Waals surface area contributed by atoms with E-state index in [1.807, 2.05) is 6.92 Å². The molecule has 1 atom stereocenters. The Hall–Kier alpha value is -0.770. The first kappa shape index (κ1) is 13.3. The van der Waals surface area contributed by atoms with E-state index in [1.165, 1.54) is 12.8 Å². The number of hydrogen-bond acceptors (Lipinski definition) is 3. The molecular weight excluding hydrogens is 202 g/mol. The minimum absolute atomic E-state index is 0.0471. The maximum Gasteiger partial charge on any atom is 0.156 e. The standard InChI is InChI=1S/C12H25N3O/c1-9(11(13)14-16)15-7-5-10(6-8-15)12(2,3)4/h9-10,16H,5-8H2,1-4H3,(H2,13,14). The first-order valence-corrected chi connectivity index (χ1v) is 6.07. The Bertz CT molecular complexity index is 249. The second-order valence-electron chi connectivity index (χ2n) is 5.88. The molecule has 0 aromatic carbocycles. The van der Waals surface area contributed by atoms with Crippen molar-refractivity contribution in [3.8, 4) is 0 Å². The van der Waals surface area contributed by atoms with Crippen molar-refractivity contribution in [1.29, 1.82) is 0 Å². The minimum atomic E-state index is 0.0471. The maximum atomic E-state index is 8.65. The minimum Gasteiger partial charge on any atom is -0.409 e. The number of rotatable bonds is 2. The average Bonchev–Trinajstić information content (AvgIpc) is 2.26. The van der Waals surface area contributed by atoms with Crippen LogP contribution in [0.25, 0.3) is 0 Å². The van der Waals surface area contributed by atoms with Gasteiger partial charge in [-0.25, -0.2) is 0 Å². The van der Waals surface area contributed by atoms with Gasteiger partial charge < -0.3 is 10.9 Å². The van der Waals surface area contributed by atoms with Crippen molar-refractivity contribution in [3.05, 3.63) is 0 Å². The molecule has 0 amide bonds. The highest BCUT2D eigenvalue weighted by Gasteiger charge is 2.30. The number of piperidine rings is 1. The van der Waals surface area contributed by atoms with Gasteiger partial charge in [-0.1, -0.05) is 25.9 Å². The Morgan fingerprint density at radius 2 is 1.88 bits per heavy atom. The van der Waals surface area contributed by atoms with Crippen LogP contribution in [0.4, 0.5) is 0 Å². The molecule has 3 N–H and O–H groups in total. The lowest BCUT2D eigenvalue weighted by atomic mass is 9.75. The summed E-state index contributed by atoms with van der Waals surface area (Å²) in [7, 11) is 0. The molecule has 4 nitrogen and oxygen atoms in total. The fourth-order valence-corrected chi connectivity index (χ4v) is 2.42. The monoisotopic (exact) mass is 227 g/mol. The molecule has 4 heteroatoms. The molecule has 0 aliphatic carbocycles. The molecule has 0 aromatic rings. The fraction of sp³-hybridized carbons (Fsp3) is 0.917. The third-order valence-electron chi connectivity index (χ3n) is 3.85. The molecule has 1 saturated heterocycles. The smallest absolute Gasteiger partial charge is 0.156 e. The van der Waals surface area contributed by atoms with Crippen LogP contribution in [0.2, 0.25) is 0 Å². The van der Waals surface area contributed by atoms with E-state index >= 15 is 0 Å². The molecule has 1 rings (SSSR count). The molecular formula is C12H25N3O. The molecule has 1 heterocycles. The Morgan fingerprint density at radius 1 is 1.38 bits per heavy atom. The lowest BCUT2D eigenvalue weighted by Crippen LogP contribution is -2.48. The van der Waals surface area contributed by atoms with Crippen molar-refractivity contribution >= 4 is 5.84 Å². The molecule has 1 unspecified atom stereocenters. The SMILES string of the molecule is CC(C(N)=NO)N1CCC(C(C)(C)C)CC1. The average molecular weight is 227 g/mol. The number of nitrogens with two attached hydrogens (primary N) is 1. The van der Waals surface area contributed by atoms with Crippen molar-refractivity contribution < 1.29 is 5.21 Å². The van der Waals surface area contributed by atoms with Gasteiger partial charge in [0.2, 0.25) is 0 Å².